The van der Waals surface area contributed by atoms with Gasteiger partial charge in [0, 0.05) is 11.6 Å². The molecule has 0 amide bonds. The zero-order valence-electron chi connectivity index (χ0n) is 18.4. The van der Waals surface area contributed by atoms with Gasteiger partial charge in [-0.25, -0.2) is 4.98 Å². The highest BCUT2D eigenvalue weighted by atomic mass is 31.1. The Labute approximate surface area is 186 Å². The van der Waals surface area contributed by atoms with Crippen LogP contribution in [0.5, 0.6) is 0 Å². The predicted octanol–water partition coefficient (Wildman–Crippen LogP) is 6.20. The van der Waals surface area contributed by atoms with Gasteiger partial charge in [-0.05, 0) is 42.2 Å². The fourth-order valence-corrected chi connectivity index (χ4v) is 6.39. The molecular weight excluding hydrogens is 395 g/mol. The van der Waals surface area contributed by atoms with Crippen molar-refractivity contribution in [3.05, 3.63) is 103 Å². The van der Waals surface area contributed by atoms with Crippen molar-refractivity contribution in [2.75, 3.05) is 6.16 Å². The number of pyridine rings is 1. The highest BCUT2D eigenvalue weighted by Crippen LogP contribution is 2.39. The molecule has 4 aromatic rings. The molecule has 2 nitrogen and oxygen atoms in total. The van der Waals surface area contributed by atoms with E-state index in [1.807, 2.05) is 18.3 Å². The van der Waals surface area contributed by atoms with Crippen LogP contribution in [-0.2, 0) is 0 Å². The summed E-state index contributed by atoms with van der Waals surface area (Å²) in [6, 6.07) is 34.4. The Morgan fingerprint density at radius 2 is 1.35 bits per heavy atom. The average Bonchev–Trinajstić information content (AvgIpc) is 2.79. The molecule has 4 rings (SSSR count). The molecular formula is C28H29N2P. The molecule has 0 saturated carbocycles. The lowest BCUT2D eigenvalue weighted by Gasteiger charge is -2.31. The molecule has 0 radical (unpaired) electrons. The van der Waals surface area contributed by atoms with Crippen molar-refractivity contribution >= 4 is 35.6 Å². The minimum Gasteiger partial charge on any atom is -0.287 e. The van der Waals surface area contributed by atoms with E-state index in [9.17, 15) is 0 Å². The van der Waals surface area contributed by atoms with E-state index in [2.05, 4.69) is 106 Å². The van der Waals surface area contributed by atoms with Crippen LogP contribution in [0.25, 0.3) is 10.9 Å². The molecule has 0 N–H and O–H groups in total. The molecule has 1 atom stereocenters. The van der Waals surface area contributed by atoms with Gasteiger partial charge in [-0.2, -0.15) is 0 Å². The molecule has 3 aromatic carbocycles. The first-order chi connectivity index (χ1) is 15.0. The average molecular weight is 425 g/mol. The lowest BCUT2D eigenvalue weighted by atomic mass is 9.88. The molecule has 0 aliphatic carbocycles. The number of aromatic nitrogens is 1. The van der Waals surface area contributed by atoms with Crippen molar-refractivity contribution in [1.29, 1.82) is 0 Å². The van der Waals surface area contributed by atoms with E-state index in [4.69, 9.17) is 9.98 Å². The minimum atomic E-state index is -0.497. The van der Waals surface area contributed by atoms with Crippen molar-refractivity contribution < 1.29 is 0 Å². The summed E-state index contributed by atoms with van der Waals surface area (Å²) in [6.07, 6.45) is 2.97. The Bertz CT molecular complexity index is 1110. The number of benzene rings is 3. The van der Waals surface area contributed by atoms with Crippen LogP contribution in [0.3, 0.4) is 0 Å². The summed E-state index contributed by atoms with van der Waals surface area (Å²) in [7, 11) is -0.497. The third kappa shape index (κ3) is 5.46. The number of rotatable bonds is 6. The van der Waals surface area contributed by atoms with Crippen molar-refractivity contribution in [2.24, 2.45) is 10.4 Å². The SMILES string of the molecule is CC(C)(C)[C@@H](CP(c1ccccc1)c1ccccc1)N=Cc1ccc2ccccc2n1. The maximum atomic E-state index is 5.09. The molecule has 1 heterocycles. The van der Waals surface area contributed by atoms with Gasteiger partial charge >= 0.3 is 0 Å². The minimum absolute atomic E-state index is 0.0531. The topological polar surface area (TPSA) is 25.2 Å². The normalized spacial score (nSPS) is 13.2. The fourth-order valence-electron chi connectivity index (χ4n) is 3.61. The first-order valence-corrected chi connectivity index (χ1v) is 12.3. The van der Waals surface area contributed by atoms with E-state index in [0.29, 0.717) is 0 Å². The van der Waals surface area contributed by atoms with Crippen LogP contribution >= 0.6 is 7.92 Å². The fraction of sp³-hybridized carbons (Fsp3) is 0.214. The van der Waals surface area contributed by atoms with Gasteiger partial charge in [0.05, 0.1) is 17.3 Å². The second kappa shape index (κ2) is 9.54. The quantitative estimate of drug-likeness (QED) is 0.267. The van der Waals surface area contributed by atoms with Crippen LogP contribution in [0.1, 0.15) is 26.5 Å². The Balaban J connectivity index is 1.65. The Morgan fingerprint density at radius 3 is 1.97 bits per heavy atom. The van der Waals surface area contributed by atoms with E-state index in [1.54, 1.807) is 0 Å². The summed E-state index contributed by atoms with van der Waals surface area (Å²) >= 11 is 0. The number of hydrogen-bond donors (Lipinski definition) is 0. The molecule has 0 saturated heterocycles. The van der Waals surface area contributed by atoms with Gasteiger partial charge < -0.3 is 0 Å². The third-order valence-electron chi connectivity index (χ3n) is 5.50. The van der Waals surface area contributed by atoms with Crippen molar-refractivity contribution in [3.63, 3.8) is 0 Å². The molecule has 0 aliphatic heterocycles. The molecule has 0 spiro atoms. The zero-order valence-corrected chi connectivity index (χ0v) is 19.3. The van der Waals surface area contributed by atoms with Gasteiger partial charge in [0.1, 0.15) is 0 Å². The number of aliphatic imine (C=N–C) groups is 1. The van der Waals surface area contributed by atoms with Crippen molar-refractivity contribution in [3.8, 4) is 0 Å². The monoisotopic (exact) mass is 424 g/mol. The standard InChI is InChI=1S/C28H29N2P/c1-28(2,3)27(29-20-23-19-18-22-12-10-11-17-26(22)30-23)21-31(24-13-6-4-7-14-24)25-15-8-5-9-16-25/h4-20,27H,21H2,1-3H3/t27-/m1/s1. The van der Waals surface area contributed by atoms with Crippen LogP contribution < -0.4 is 10.6 Å². The maximum absolute atomic E-state index is 5.09. The highest BCUT2D eigenvalue weighted by molar-refractivity contribution is 7.73. The molecule has 0 aliphatic rings. The first-order valence-electron chi connectivity index (χ1n) is 10.8. The molecule has 1 aromatic heterocycles. The summed E-state index contributed by atoms with van der Waals surface area (Å²) in [4.78, 5) is 9.87. The number of para-hydroxylation sites is 1. The summed E-state index contributed by atoms with van der Waals surface area (Å²) in [6.45, 7) is 6.85. The first kappa shape index (κ1) is 21.4. The number of hydrogen-bond acceptors (Lipinski definition) is 2. The summed E-state index contributed by atoms with van der Waals surface area (Å²) < 4.78 is 0. The summed E-state index contributed by atoms with van der Waals surface area (Å²) in [5, 5.41) is 3.96. The summed E-state index contributed by atoms with van der Waals surface area (Å²) in [5.74, 6) is 0. The Hall–Kier alpha value is -2.83. The van der Waals surface area contributed by atoms with Gasteiger partial charge in [-0.3, -0.25) is 4.99 Å². The van der Waals surface area contributed by atoms with Gasteiger partial charge in [-0.15, -0.1) is 0 Å². The zero-order chi connectivity index (χ0) is 21.7. The lowest BCUT2D eigenvalue weighted by molar-refractivity contribution is 0.346. The largest absolute Gasteiger partial charge is 0.287 e. The molecule has 0 unspecified atom stereocenters. The molecule has 0 fully saturated rings. The highest BCUT2D eigenvalue weighted by Gasteiger charge is 2.28. The van der Waals surface area contributed by atoms with E-state index >= 15 is 0 Å². The summed E-state index contributed by atoms with van der Waals surface area (Å²) in [5.41, 5.74) is 1.98. The van der Waals surface area contributed by atoms with Crippen LogP contribution in [-0.4, -0.2) is 23.4 Å². The van der Waals surface area contributed by atoms with Crippen LogP contribution in [0.2, 0.25) is 0 Å². The Morgan fingerprint density at radius 1 is 0.774 bits per heavy atom. The predicted molar refractivity (Wildman–Crippen MR) is 137 cm³/mol. The van der Waals surface area contributed by atoms with E-state index in [-0.39, 0.29) is 11.5 Å². The van der Waals surface area contributed by atoms with Crippen LogP contribution in [0.4, 0.5) is 0 Å². The smallest absolute Gasteiger partial charge is 0.0815 e. The van der Waals surface area contributed by atoms with Crippen molar-refractivity contribution in [2.45, 2.75) is 26.8 Å². The molecule has 0 bridgehead atoms. The Kier molecular flexibility index (Phi) is 6.59. The number of fused-ring (bicyclic) bond motifs is 1. The van der Waals surface area contributed by atoms with E-state index < -0.39 is 7.92 Å². The second-order valence-electron chi connectivity index (χ2n) is 8.87. The molecule has 31 heavy (non-hydrogen) atoms. The number of nitrogens with zero attached hydrogens (tertiary/aromatic N) is 2. The van der Waals surface area contributed by atoms with Crippen LogP contribution in [0.15, 0.2) is 102 Å². The van der Waals surface area contributed by atoms with E-state index in [0.717, 1.165) is 22.8 Å². The van der Waals surface area contributed by atoms with Gasteiger partial charge in [0.2, 0.25) is 0 Å². The van der Waals surface area contributed by atoms with Gasteiger partial charge in [-0.1, -0.05) is 106 Å². The van der Waals surface area contributed by atoms with Crippen LogP contribution in [0, 0.1) is 5.41 Å². The van der Waals surface area contributed by atoms with Gasteiger partial charge in [0.25, 0.3) is 0 Å². The van der Waals surface area contributed by atoms with E-state index in [1.165, 1.54) is 10.6 Å². The molecule has 156 valence electrons. The van der Waals surface area contributed by atoms with Crippen molar-refractivity contribution in [1.82, 2.24) is 4.98 Å². The molecule has 3 heteroatoms. The lowest BCUT2D eigenvalue weighted by Crippen LogP contribution is -2.31. The maximum Gasteiger partial charge on any atom is 0.0815 e. The second-order valence-corrected chi connectivity index (χ2v) is 11.1. The third-order valence-corrected chi connectivity index (χ3v) is 8.05. The van der Waals surface area contributed by atoms with Gasteiger partial charge in [0.15, 0.2) is 0 Å².